The second kappa shape index (κ2) is 5.39. The number of carboxylic acid groups (broad SMARTS) is 1. The zero-order chi connectivity index (χ0) is 15.8. The van der Waals surface area contributed by atoms with Crippen molar-refractivity contribution in [2.75, 3.05) is 4.90 Å². The summed E-state index contributed by atoms with van der Waals surface area (Å²) >= 11 is 0. The first-order valence-corrected chi connectivity index (χ1v) is 7.08. The lowest BCUT2D eigenvalue weighted by Gasteiger charge is -2.37. The van der Waals surface area contributed by atoms with E-state index in [2.05, 4.69) is 0 Å². The number of hydrogen-bond acceptors (Lipinski definition) is 3. The van der Waals surface area contributed by atoms with Gasteiger partial charge >= 0.3 is 12.1 Å². The van der Waals surface area contributed by atoms with E-state index in [1.165, 1.54) is 11.0 Å². The van der Waals surface area contributed by atoms with E-state index < -0.39 is 17.7 Å². The van der Waals surface area contributed by atoms with Gasteiger partial charge in [-0.25, -0.2) is 9.59 Å². The van der Waals surface area contributed by atoms with Gasteiger partial charge in [0.25, 0.3) is 0 Å². The minimum atomic E-state index is -1.03. The quantitative estimate of drug-likeness (QED) is 0.860. The van der Waals surface area contributed by atoms with Crippen molar-refractivity contribution in [3.8, 4) is 0 Å². The first-order chi connectivity index (χ1) is 9.70. The van der Waals surface area contributed by atoms with Crippen molar-refractivity contribution in [1.82, 2.24) is 0 Å². The third-order valence-corrected chi connectivity index (χ3v) is 3.45. The summed E-state index contributed by atoms with van der Waals surface area (Å²) in [5.74, 6) is -1.03. The average Bonchev–Trinajstić information content (AvgIpc) is 2.35. The van der Waals surface area contributed by atoms with E-state index in [4.69, 9.17) is 4.74 Å². The Balaban J connectivity index is 2.49. The first kappa shape index (κ1) is 15.4. The topological polar surface area (TPSA) is 66.8 Å². The zero-order valence-electron chi connectivity index (χ0n) is 12.8. The number of para-hydroxylation sites is 1. The van der Waals surface area contributed by atoms with Crippen molar-refractivity contribution in [2.45, 2.75) is 52.2 Å². The maximum Gasteiger partial charge on any atom is 0.415 e. The summed E-state index contributed by atoms with van der Waals surface area (Å²) in [6.45, 7) is 7.29. The van der Waals surface area contributed by atoms with E-state index in [0.717, 1.165) is 18.4 Å². The molecule has 1 aromatic rings. The molecule has 0 aliphatic carbocycles. The minimum absolute atomic E-state index is 0.0900. The Morgan fingerprint density at radius 1 is 1.33 bits per heavy atom. The third-order valence-electron chi connectivity index (χ3n) is 3.45. The van der Waals surface area contributed by atoms with Gasteiger partial charge in [-0.2, -0.15) is 0 Å². The van der Waals surface area contributed by atoms with Gasteiger partial charge in [-0.15, -0.1) is 0 Å². The van der Waals surface area contributed by atoms with Crippen LogP contribution >= 0.6 is 0 Å². The van der Waals surface area contributed by atoms with Gasteiger partial charge in [-0.3, -0.25) is 4.90 Å². The van der Waals surface area contributed by atoms with Gasteiger partial charge in [0.1, 0.15) is 5.60 Å². The van der Waals surface area contributed by atoms with Gasteiger partial charge in [0, 0.05) is 6.04 Å². The minimum Gasteiger partial charge on any atom is -0.478 e. The third kappa shape index (κ3) is 3.17. The Kier molecular flexibility index (Phi) is 3.94. The van der Waals surface area contributed by atoms with Gasteiger partial charge in [0.05, 0.1) is 11.3 Å². The fraction of sp³-hybridized carbons (Fsp3) is 0.500. The number of amides is 1. The van der Waals surface area contributed by atoms with E-state index in [0.29, 0.717) is 5.69 Å². The van der Waals surface area contributed by atoms with Crippen LogP contribution in [-0.4, -0.2) is 28.8 Å². The molecule has 1 N–H and O–H groups in total. The second-order valence-corrected chi connectivity index (χ2v) is 6.36. The molecule has 5 heteroatoms. The molecule has 0 fully saturated rings. The SMILES string of the molecule is CC1CCc2cccc(C(=O)O)c2N1C(=O)OC(C)(C)C. The van der Waals surface area contributed by atoms with Crippen molar-refractivity contribution in [3.63, 3.8) is 0 Å². The van der Waals surface area contributed by atoms with Crippen LogP contribution in [0.1, 0.15) is 50.0 Å². The summed E-state index contributed by atoms with van der Waals surface area (Å²) in [5, 5.41) is 9.38. The number of anilines is 1. The molecule has 114 valence electrons. The van der Waals surface area contributed by atoms with E-state index in [9.17, 15) is 14.7 Å². The smallest absolute Gasteiger partial charge is 0.415 e. The molecule has 1 aliphatic rings. The molecular weight excluding hydrogens is 270 g/mol. The Labute approximate surface area is 124 Å². The predicted octanol–water partition coefficient (Wildman–Crippen LogP) is 3.46. The van der Waals surface area contributed by atoms with Crippen LogP contribution in [0.3, 0.4) is 0 Å². The van der Waals surface area contributed by atoms with Crippen LogP contribution in [-0.2, 0) is 11.2 Å². The lowest BCUT2D eigenvalue weighted by molar-refractivity contribution is 0.0563. The first-order valence-electron chi connectivity index (χ1n) is 7.08. The molecule has 0 spiro atoms. The second-order valence-electron chi connectivity index (χ2n) is 6.36. The van der Waals surface area contributed by atoms with Crippen molar-refractivity contribution in [3.05, 3.63) is 29.3 Å². The maximum atomic E-state index is 12.5. The normalized spacial score (nSPS) is 18.1. The number of benzene rings is 1. The van der Waals surface area contributed by atoms with Crippen LogP contribution in [0.2, 0.25) is 0 Å². The lowest BCUT2D eigenvalue weighted by Crippen LogP contribution is -2.45. The molecule has 1 amide bonds. The zero-order valence-corrected chi connectivity index (χ0v) is 12.8. The highest BCUT2D eigenvalue weighted by Gasteiger charge is 2.34. The van der Waals surface area contributed by atoms with Crippen molar-refractivity contribution >= 4 is 17.7 Å². The number of nitrogens with zero attached hydrogens (tertiary/aromatic N) is 1. The molecule has 1 unspecified atom stereocenters. The van der Waals surface area contributed by atoms with Gasteiger partial charge in [0.15, 0.2) is 0 Å². The monoisotopic (exact) mass is 291 g/mol. The molecule has 0 bridgehead atoms. The lowest BCUT2D eigenvalue weighted by atomic mass is 9.94. The molecule has 5 nitrogen and oxygen atoms in total. The number of carboxylic acids is 1. The summed E-state index contributed by atoms with van der Waals surface area (Å²) in [7, 11) is 0. The summed E-state index contributed by atoms with van der Waals surface area (Å²) in [6.07, 6.45) is 1.05. The maximum absolute atomic E-state index is 12.5. The summed E-state index contributed by atoms with van der Waals surface area (Å²) in [5.41, 5.74) is 0.869. The van der Waals surface area contributed by atoms with Gasteiger partial charge < -0.3 is 9.84 Å². The number of carbonyl (C=O) groups is 2. The van der Waals surface area contributed by atoms with Crippen LogP contribution in [0.25, 0.3) is 0 Å². The largest absolute Gasteiger partial charge is 0.478 e. The molecule has 0 aromatic heterocycles. The van der Waals surface area contributed by atoms with Crippen molar-refractivity contribution in [1.29, 1.82) is 0 Å². The molecule has 0 radical (unpaired) electrons. The average molecular weight is 291 g/mol. The van der Waals surface area contributed by atoms with Gasteiger partial charge in [0.2, 0.25) is 0 Å². The van der Waals surface area contributed by atoms with Gasteiger partial charge in [-0.1, -0.05) is 12.1 Å². The van der Waals surface area contributed by atoms with E-state index in [1.807, 2.05) is 13.0 Å². The molecule has 1 aliphatic heterocycles. The van der Waals surface area contributed by atoms with Crippen LogP contribution in [0, 0.1) is 0 Å². The highest BCUT2D eigenvalue weighted by molar-refractivity contribution is 6.01. The number of rotatable bonds is 1. The molecule has 1 atom stereocenters. The summed E-state index contributed by atoms with van der Waals surface area (Å²) < 4.78 is 5.43. The molecule has 2 rings (SSSR count). The van der Waals surface area contributed by atoms with E-state index >= 15 is 0 Å². The Morgan fingerprint density at radius 2 is 2.00 bits per heavy atom. The van der Waals surface area contributed by atoms with Crippen LogP contribution in [0.5, 0.6) is 0 Å². The number of aromatic carboxylic acids is 1. The molecular formula is C16H21NO4. The standard InChI is InChI=1S/C16H21NO4/c1-10-8-9-11-6-5-7-12(14(18)19)13(11)17(10)15(20)21-16(2,3)4/h5-7,10H,8-9H2,1-4H3,(H,18,19). The fourth-order valence-corrected chi connectivity index (χ4v) is 2.55. The molecule has 0 saturated carbocycles. The molecule has 1 aromatic carbocycles. The number of fused-ring (bicyclic) bond motifs is 1. The number of hydrogen-bond donors (Lipinski definition) is 1. The summed E-state index contributed by atoms with van der Waals surface area (Å²) in [4.78, 5) is 25.4. The Hall–Kier alpha value is -2.04. The van der Waals surface area contributed by atoms with Crippen molar-refractivity contribution in [2.24, 2.45) is 0 Å². The van der Waals surface area contributed by atoms with Crippen LogP contribution in [0.4, 0.5) is 10.5 Å². The number of aryl methyl sites for hydroxylation is 1. The highest BCUT2D eigenvalue weighted by Crippen LogP contribution is 2.35. The number of ether oxygens (including phenoxy) is 1. The Morgan fingerprint density at radius 3 is 2.57 bits per heavy atom. The van der Waals surface area contributed by atoms with Gasteiger partial charge in [-0.05, 0) is 52.2 Å². The molecule has 21 heavy (non-hydrogen) atoms. The molecule has 0 saturated heterocycles. The van der Waals surface area contributed by atoms with Crippen LogP contribution in [0.15, 0.2) is 18.2 Å². The fourth-order valence-electron chi connectivity index (χ4n) is 2.55. The Bertz CT molecular complexity index is 574. The molecule has 1 heterocycles. The van der Waals surface area contributed by atoms with Crippen LogP contribution < -0.4 is 4.90 Å². The van der Waals surface area contributed by atoms with E-state index in [-0.39, 0.29) is 11.6 Å². The predicted molar refractivity (Wildman–Crippen MR) is 79.9 cm³/mol. The van der Waals surface area contributed by atoms with Crippen molar-refractivity contribution < 1.29 is 19.4 Å². The number of carbonyl (C=O) groups excluding carboxylic acids is 1. The highest BCUT2D eigenvalue weighted by atomic mass is 16.6. The summed E-state index contributed by atoms with van der Waals surface area (Å²) in [6, 6.07) is 5.01. The van der Waals surface area contributed by atoms with E-state index in [1.54, 1.807) is 26.8 Å².